The predicted octanol–water partition coefficient (Wildman–Crippen LogP) is 2.57. The Morgan fingerprint density at radius 1 is 1.13 bits per heavy atom. The first-order chi connectivity index (χ1) is 6.32. The number of hydrogen-bond donors (Lipinski definition) is 3. The van der Waals surface area contributed by atoms with Gasteiger partial charge in [-0.15, -0.1) is 12.4 Å². The average molecular weight is 232 g/mol. The molecular weight excluding hydrogens is 214 g/mol. The summed E-state index contributed by atoms with van der Waals surface area (Å²) in [4.78, 5) is 0. The van der Waals surface area contributed by atoms with Gasteiger partial charge in [0.05, 0.1) is 0 Å². The Hall–Kier alpha value is -0.930. The maximum atomic E-state index is 9.31. The molecule has 3 nitrogen and oxygen atoms in total. The zero-order chi connectivity index (χ0) is 10.9. The van der Waals surface area contributed by atoms with Gasteiger partial charge in [-0.3, -0.25) is 0 Å². The second-order valence-corrected chi connectivity index (χ2v) is 4.59. The molecule has 86 valence electrons. The van der Waals surface area contributed by atoms with Crippen LogP contribution in [0.3, 0.4) is 0 Å². The molecule has 1 aromatic carbocycles. The predicted molar refractivity (Wildman–Crippen MR) is 63.4 cm³/mol. The van der Waals surface area contributed by atoms with Crippen molar-refractivity contribution in [3.63, 3.8) is 0 Å². The van der Waals surface area contributed by atoms with E-state index in [1.165, 1.54) is 12.1 Å². The molecule has 0 aromatic heterocycles. The van der Waals surface area contributed by atoms with E-state index in [1.807, 2.05) is 20.8 Å². The lowest BCUT2D eigenvalue weighted by molar-refractivity contribution is 0.325. The minimum atomic E-state index is -0.158. The minimum Gasteiger partial charge on any atom is -0.504 e. The van der Waals surface area contributed by atoms with Crippen molar-refractivity contribution in [3.8, 4) is 11.5 Å². The molecule has 0 heterocycles. The van der Waals surface area contributed by atoms with E-state index in [2.05, 4.69) is 0 Å². The molecule has 0 aliphatic rings. The number of benzene rings is 1. The van der Waals surface area contributed by atoms with Crippen molar-refractivity contribution < 1.29 is 10.2 Å². The lowest BCUT2D eigenvalue weighted by Gasteiger charge is -2.27. The van der Waals surface area contributed by atoms with Crippen molar-refractivity contribution in [3.05, 3.63) is 23.8 Å². The van der Waals surface area contributed by atoms with Crippen LogP contribution < -0.4 is 5.73 Å². The lowest BCUT2D eigenvalue weighted by atomic mass is 9.83. The highest BCUT2D eigenvalue weighted by molar-refractivity contribution is 5.85. The highest BCUT2D eigenvalue weighted by atomic mass is 35.5. The summed E-state index contributed by atoms with van der Waals surface area (Å²) in [5.74, 6) is -0.239. The number of halogens is 1. The maximum absolute atomic E-state index is 9.31. The van der Waals surface area contributed by atoms with E-state index in [0.29, 0.717) is 0 Å². The minimum absolute atomic E-state index is 0. The van der Waals surface area contributed by atoms with Gasteiger partial charge >= 0.3 is 0 Å². The number of aromatic hydroxyl groups is 2. The van der Waals surface area contributed by atoms with Crippen LogP contribution in [-0.4, -0.2) is 10.2 Å². The van der Waals surface area contributed by atoms with Crippen LogP contribution in [0.15, 0.2) is 18.2 Å². The summed E-state index contributed by atoms with van der Waals surface area (Å²) in [6, 6.07) is 4.53. The molecule has 0 spiro atoms. The normalized spacial score (nSPS) is 13.1. The van der Waals surface area contributed by atoms with Crippen molar-refractivity contribution >= 4 is 12.4 Å². The molecular formula is C11H18ClNO2. The summed E-state index contributed by atoms with van der Waals surface area (Å²) in [5.41, 5.74) is 6.76. The van der Waals surface area contributed by atoms with Crippen LogP contribution in [0.4, 0.5) is 0 Å². The smallest absolute Gasteiger partial charge is 0.157 e. The van der Waals surface area contributed by atoms with Gasteiger partial charge in [0, 0.05) is 6.04 Å². The van der Waals surface area contributed by atoms with Crippen LogP contribution in [0.1, 0.15) is 32.4 Å². The Morgan fingerprint density at radius 2 is 1.67 bits per heavy atom. The molecule has 1 rings (SSSR count). The molecule has 0 radical (unpaired) electrons. The van der Waals surface area contributed by atoms with Crippen molar-refractivity contribution in [1.82, 2.24) is 0 Å². The van der Waals surface area contributed by atoms with E-state index in [-0.39, 0.29) is 35.4 Å². The second-order valence-electron chi connectivity index (χ2n) is 4.59. The summed E-state index contributed by atoms with van der Waals surface area (Å²) in [6.07, 6.45) is 0. The number of phenolic OH excluding ortho intramolecular Hbond substituents is 2. The van der Waals surface area contributed by atoms with E-state index in [9.17, 15) is 5.11 Å². The molecule has 0 bridgehead atoms. The Bertz CT molecular complexity index is 334. The Labute approximate surface area is 96.3 Å². The van der Waals surface area contributed by atoms with Gasteiger partial charge in [-0.1, -0.05) is 26.8 Å². The number of hydrogen-bond acceptors (Lipinski definition) is 3. The quantitative estimate of drug-likeness (QED) is 0.651. The zero-order valence-corrected chi connectivity index (χ0v) is 10.0. The fraction of sp³-hybridized carbons (Fsp3) is 0.455. The Balaban J connectivity index is 0.00000196. The largest absolute Gasteiger partial charge is 0.504 e. The first-order valence-corrected chi connectivity index (χ1v) is 4.60. The van der Waals surface area contributed by atoms with Crippen molar-refractivity contribution in [2.24, 2.45) is 11.1 Å². The first kappa shape index (κ1) is 14.1. The zero-order valence-electron chi connectivity index (χ0n) is 9.19. The molecule has 0 amide bonds. The van der Waals surface area contributed by atoms with Gasteiger partial charge in [0.15, 0.2) is 11.5 Å². The molecule has 0 aliphatic heterocycles. The fourth-order valence-electron chi connectivity index (χ4n) is 1.23. The lowest BCUT2D eigenvalue weighted by Crippen LogP contribution is -2.26. The summed E-state index contributed by atoms with van der Waals surface area (Å²) >= 11 is 0. The molecule has 0 unspecified atom stereocenters. The number of nitrogens with two attached hydrogens (primary N) is 1. The van der Waals surface area contributed by atoms with E-state index in [1.54, 1.807) is 6.07 Å². The first-order valence-electron chi connectivity index (χ1n) is 4.60. The molecule has 1 aromatic rings. The van der Waals surface area contributed by atoms with Crippen molar-refractivity contribution in [2.75, 3.05) is 0 Å². The van der Waals surface area contributed by atoms with Crippen molar-refractivity contribution in [1.29, 1.82) is 0 Å². The van der Waals surface area contributed by atoms with Crippen LogP contribution in [0, 0.1) is 5.41 Å². The molecule has 0 saturated carbocycles. The molecule has 0 fully saturated rings. The molecule has 1 atom stereocenters. The third-order valence-corrected chi connectivity index (χ3v) is 2.29. The van der Waals surface area contributed by atoms with Crippen LogP contribution in [0.5, 0.6) is 11.5 Å². The SMILES string of the molecule is CC(C)(C)[C@@H](N)c1ccc(O)c(O)c1.Cl. The number of phenols is 2. The Kier molecular flexibility index (Phi) is 4.43. The topological polar surface area (TPSA) is 66.5 Å². The van der Waals surface area contributed by atoms with E-state index < -0.39 is 0 Å². The van der Waals surface area contributed by atoms with E-state index >= 15 is 0 Å². The molecule has 0 saturated heterocycles. The maximum Gasteiger partial charge on any atom is 0.157 e. The average Bonchev–Trinajstić information content (AvgIpc) is 2.07. The third-order valence-electron chi connectivity index (χ3n) is 2.29. The monoisotopic (exact) mass is 231 g/mol. The molecule has 4 N–H and O–H groups in total. The summed E-state index contributed by atoms with van der Waals surface area (Å²) in [5, 5.41) is 18.4. The van der Waals surface area contributed by atoms with Crippen LogP contribution >= 0.6 is 12.4 Å². The molecule has 0 aliphatic carbocycles. The number of rotatable bonds is 1. The summed E-state index contributed by atoms with van der Waals surface area (Å²) in [6.45, 7) is 6.09. The second kappa shape index (κ2) is 4.73. The highest BCUT2D eigenvalue weighted by Gasteiger charge is 2.22. The van der Waals surface area contributed by atoms with E-state index in [0.717, 1.165) is 5.56 Å². The summed E-state index contributed by atoms with van der Waals surface area (Å²) in [7, 11) is 0. The molecule has 15 heavy (non-hydrogen) atoms. The molecule has 4 heteroatoms. The summed E-state index contributed by atoms with van der Waals surface area (Å²) < 4.78 is 0. The van der Waals surface area contributed by atoms with Crippen LogP contribution in [0.2, 0.25) is 0 Å². The van der Waals surface area contributed by atoms with Gasteiger partial charge < -0.3 is 15.9 Å². The fourth-order valence-corrected chi connectivity index (χ4v) is 1.23. The van der Waals surface area contributed by atoms with Gasteiger partial charge in [0.2, 0.25) is 0 Å². The van der Waals surface area contributed by atoms with Crippen molar-refractivity contribution in [2.45, 2.75) is 26.8 Å². The third kappa shape index (κ3) is 3.29. The van der Waals surface area contributed by atoms with Gasteiger partial charge in [-0.05, 0) is 23.1 Å². The van der Waals surface area contributed by atoms with Crippen LogP contribution in [-0.2, 0) is 0 Å². The van der Waals surface area contributed by atoms with Gasteiger partial charge in [-0.2, -0.15) is 0 Å². The van der Waals surface area contributed by atoms with Gasteiger partial charge in [0.1, 0.15) is 0 Å². The standard InChI is InChI=1S/C11H17NO2.ClH/c1-11(2,3)10(12)7-4-5-8(13)9(14)6-7;/h4-6,10,13-14H,12H2,1-3H3;1H/t10-;/m0./s1. The Morgan fingerprint density at radius 3 is 2.07 bits per heavy atom. The highest BCUT2D eigenvalue weighted by Crippen LogP contribution is 2.34. The van der Waals surface area contributed by atoms with E-state index in [4.69, 9.17) is 10.8 Å². The van der Waals surface area contributed by atoms with Gasteiger partial charge in [-0.25, -0.2) is 0 Å². The van der Waals surface area contributed by atoms with Gasteiger partial charge in [0.25, 0.3) is 0 Å². The van der Waals surface area contributed by atoms with Crippen LogP contribution in [0.25, 0.3) is 0 Å².